The quantitative estimate of drug-likeness (QED) is 0.0159. The number of rotatable bonds is 92. The predicted octanol–water partition coefficient (Wildman–Crippen LogP) is 21.1. The monoisotopic (exact) mass is 1700 g/mol. The maximum atomic E-state index is 12.1. The Morgan fingerprint density at radius 3 is 0.661 bits per heavy atom. The van der Waals surface area contributed by atoms with Crippen molar-refractivity contribution in [1.29, 1.82) is 0 Å². The van der Waals surface area contributed by atoms with E-state index in [1.54, 1.807) is 0 Å². The third-order valence-electron chi connectivity index (χ3n) is 19.3. The molecule has 0 rings (SSSR count). The van der Waals surface area contributed by atoms with E-state index in [1.165, 1.54) is 261 Å². The molecule has 0 heterocycles. The minimum atomic E-state index is -0.133. The smallest absolute Gasteiger partial charge is 0.305 e. The van der Waals surface area contributed by atoms with E-state index in [0.29, 0.717) is 96.7 Å². The first-order chi connectivity index (χ1) is 55.1. The van der Waals surface area contributed by atoms with Crippen LogP contribution in [0.4, 0.5) is 0 Å². The van der Waals surface area contributed by atoms with E-state index in [1.807, 2.05) is 70.6 Å². The van der Waals surface area contributed by atoms with Crippen LogP contribution in [-0.2, 0) is 43.0 Å². The second kappa shape index (κ2) is 106. The molecule has 0 aliphatic rings. The lowest BCUT2D eigenvalue weighted by molar-refractivity contribution is -0.147. The summed E-state index contributed by atoms with van der Waals surface area (Å²) in [6.07, 6.45) is 66.5. The number of carbonyl (C=O) groups excluding carboxylic acids is 6. The molecule has 0 saturated heterocycles. The highest BCUT2D eigenvalue weighted by molar-refractivity contribution is 8.00. The molecule has 666 valence electrons. The van der Waals surface area contributed by atoms with Crippen molar-refractivity contribution < 1.29 is 63.4 Å². The number of unbranched alkanes of at least 4 members (excludes halogenated alkanes) is 44. The van der Waals surface area contributed by atoms with Gasteiger partial charge in [-0.3, -0.25) is 28.8 Å². The number of nitrogens with one attached hydrogen (secondary N) is 2. The van der Waals surface area contributed by atoms with E-state index in [4.69, 9.17) is 46.1 Å². The van der Waals surface area contributed by atoms with Crippen LogP contribution < -0.4 is 22.1 Å². The Bertz CT molecular complexity index is 1700. The van der Waals surface area contributed by atoms with Crippen LogP contribution in [0.25, 0.3) is 0 Å². The fourth-order valence-electron chi connectivity index (χ4n) is 12.6. The molecule has 0 aromatic rings. The van der Waals surface area contributed by atoms with Crippen LogP contribution in [0, 0.1) is 0 Å². The van der Waals surface area contributed by atoms with Gasteiger partial charge in [-0.2, -0.15) is 70.6 Å². The molecule has 0 atom stereocenters. The van der Waals surface area contributed by atoms with Crippen molar-refractivity contribution in [2.75, 3.05) is 141 Å². The third kappa shape index (κ3) is 109. The van der Waals surface area contributed by atoms with Crippen LogP contribution in [0.1, 0.15) is 385 Å². The Morgan fingerprint density at radius 1 is 0.214 bits per heavy atom. The van der Waals surface area contributed by atoms with Crippen LogP contribution >= 0.6 is 70.6 Å². The topological polar surface area (TPSA) is 287 Å². The van der Waals surface area contributed by atoms with Gasteiger partial charge in [0.15, 0.2) is 0 Å². The number of nitrogens with two attached hydrogens (primary N) is 2. The molecule has 0 bridgehead atoms. The summed E-state index contributed by atoms with van der Waals surface area (Å²) < 4.78 is 15.8. The lowest BCUT2D eigenvalue weighted by Gasteiger charge is -2.07. The van der Waals surface area contributed by atoms with Gasteiger partial charge >= 0.3 is 17.9 Å². The van der Waals surface area contributed by atoms with Crippen LogP contribution in [0.3, 0.4) is 0 Å². The fourth-order valence-corrected chi connectivity index (χ4v) is 17.1. The Kier molecular flexibility index (Phi) is 109. The minimum absolute atomic E-state index is 0.104. The van der Waals surface area contributed by atoms with Gasteiger partial charge < -0.3 is 56.7 Å². The van der Waals surface area contributed by atoms with Crippen molar-refractivity contribution in [1.82, 2.24) is 10.6 Å². The van der Waals surface area contributed by atoms with Crippen LogP contribution in [0.5, 0.6) is 0 Å². The standard InChI is InChI=1S/C31H61NO4S2.C29H58N2O4S2.C29H57NO5S2/c33-24-28-37-26-18-11-7-3-1-5-9-14-20-30(35)21-15-13-17-23-32-31(36)22-16-10-6-2-4-8-12-19-27-38-29-25-34;30-20-26-36-24-15-11-7-3-1-5-9-13-18-28(32)34-22-17-23-35-29(33)19-14-10-6-2-4-8-12-16-25-37-27-21-31;31-21-26-36-24-15-11-7-3-1-5-9-13-18-28(33)30-20-17-23-35-29(34)19-14-10-6-2-4-8-12-16-25-37-27-22-32/h33-34H,1-29H2,(H,32,36);1-27,30-31H2;31-32H,1-27H2,(H,30,33). The lowest BCUT2D eigenvalue weighted by atomic mass is 10.0. The molecule has 0 unspecified atom stereocenters. The van der Waals surface area contributed by atoms with E-state index in [-0.39, 0.29) is 42.9 Å². The molecule has 2 amide bonds. The zero-order valence-corrected chi connectivity index (χ0v) is 76.7. The van der Waals surface area contributed by atoms with E-state index in [2.05, 4.69) is 10.6 Å². The van der Waals surface area contributed by atoms with E-state index < -0.39 is 0 Å². The fraction of sp³-hybridized carbons (Fsp3) is 0.933. The summed E-state index contributed by atoms with van der Waals surface area (Å²) in [5.74, 6) is 13.0. The molecule has 0 saturated carbocycles. The van der Waals surface area contributed by atoms with Gasteiger partial charge in [0, 0.05) is 112 Å². The highest BCUT2D eigenvalue weighted by atomic mass is 32.2. The third-order valence-corrected chi connectivity index (χ3v) is 25.7. The lowest BCUT2D eigenvalue weighted by Crippen LogP contribution is -2.25. The molecule has 17 nitrogen and oxygen atoms in total. The van der Waals surface area contributed by atoms with Crippen molar-refractivity contribution in [2.45, 2.75) is 385 Å². The molecule has 0 aliphatic heterocycles. The number of ether oxygens (including phenoxy) is 3. The van der Waals surface area contributed by atoms with Gasteiger partial charge in [0.05, 0.1) is 46.2 Å². The van der Waals surface area contributed by atoms with Gasteiger partial charge in [0.2, 0.25) is 11.8 Å². The second-order valence-electron chi connectivity index (χ2n) is 30.0. The van der Waals surface area contributed by atoms with Gasteiger partial charge in [-0.25, -0.2) is 0 Å². The molecule has 0 radical (unpaired) electrons. The zero-order chi connectivity index (χ0) is 81.9. The maximum Gasteiger partial charge on any atom is 0.305 e. The first-order valence-electron chi connectivity index (χ1n) is 45.9. The highest BCUT2D eigenvalue weighted by Crippen LogP contribution is 2.19. The maximum absolute atomic E-state index is 12.1. The number of carbonyl (C=O) groups is 6. The highest BCUT2D eigenvalue weighted by Gasteiger charge is 2.10. The zero-order valence-electron chi connectivity index (χ0n) is 71.8. The summed E-state index contributed by atoms with van der Waals surface area (Å²) in [5, 5.41) is 40.9. The number of amides is 2. The molecule has 10 N–H and O–H groups in total. The Hall–Kier alpha value is -1.12. The summed E-state index contributed by atoms with van der Waals surface area (Å²) in [7, 11) is 0. The van der Waals surface area contributed by atoms with Gasteiger partial charge in [0.25, 0.3) is 0 Å². The predicted molar refractivity (Wildman–Crippen MR) is 491 cm³/mol. The molecular weight excluding hydrogens is 1530 g/mol. The van der Waals surface area contributed by atoms with Crippen molar-refractivity contribution in [3.63, 3.8) is 0 Å². The normalized spacial score (nSPS) is 11.1. The minimum Gasteiger partial charge on any atom is -0.466 e. The van der Waals surface area contributed by atoms with Crippen molar-refractivity contribution in [3.8, 4) is 0 Å². The molecule has 112 heavy (non-hydrogen) atoms. The molecule has 0 aromatic heterocycles. The first-order valence-corrected chi connectivity index (χ1v) is 52.9. The van der Waals surface area contributed by atoms with Gasteiger partial charge in [-0.1, -0.05) is 238 Å². The van der Waals surface area contributed by atoms with Crippen LogP contribution in [0.2, 0.25) is 0 Å². The number of thioether (sulfide) groups is 6. The van der Waals surface area contributed by atoms with Gasteiger partial charge in [0.1, 0.15) is 5.78 Å². The molecular formula is C89H176N4O13S6. The number of aliphatic hydroxyl groups excluding tert-OH is 4. The molecule has 0 fully saturated rings. The molecule has 23 heteroatoms. The van der Waals surface area contributed by atoms with E-state index >= 15 is 0 Å². The van der Waals surface area contributed by atoms with Crippen molar-refractivity contribution in [3.05, 3.63) is 0 Å². The summed E-state index contributed by atoms with van der Waals surface area (Å²) >= 11 is 11.3. The summed E-state index contributed by atoms with van der Waals surface area (Å²) in [6, 6.07) is 0. The SMILES string of the molecule is NCCSCCCCCCCCCCC(=O)OCCCOC(=O)CCCCCCCCCCSCCN.O=C(CCCCCCCCCCSCCO)CCCCCNC(=O)CCCCCCCCCCSCCO.O=C(CCCCCCCCCCSCCO)NCCCOC(=O)CCCCCCCCCCSCCO. The van der Waals surface area contributed by atoms with E-state index in [0.717, 1.165) is 162 Å². The first kappa shape index (κ1) is 115. The van der Waals surface area contributed by atoms with E-state index in [9.17, 15) is 28.8 Å². The van der Waals surface area contributed by atoms with Crippen molar-refractivity contribution >= 4 is 106 Å². The summed E-state index contributed by atoms with van der Waals surface area (Å²) in [6.45, 7) is 5.09. The Balaban J connectivity index is -0.00000159. The number of aliphatic hydroxyl groups is 4. The second-order valence-corrected chi connectivity index (χ2v) is 37.4. The average Bonchev–Trinajstić information content (AvgIpc) is 1.19. The number of ketones is 1. The van der Waals surface area contributed by atoms with Gasteiger partial charge in [-0.15, -0.1) is 0 Å². The van der Waals surface area contributed by atoms with Crippen LogP contribution in [0.15, 0.2) is 0 Å². The largest absolute Gasteiger partial charge is 0.466 e. The number of Topliss-reactive ketones (excluding diaryl/α,β-unsaturated/α-hetero) is 1. The van der Waals surface area contributed by atoms with Gasteiger partial charge in [-0.05, 0) is 131 Å². The number of hydrogen-bond donors (Lipinski definition) is 8. The number of esters is 3. The molecule has 0 spiro atoms. The van der Waals surface area contributed by atoms with Crippen molar-refractivity contribution in [2.24, 2.45) is 11.5 Å². The molecule has 0 aromatic carbocycles. The molecule has 0 aliphatic carbocycles. The summed E-state index contributed by atoms with van der Waals surface area (Å²) in [5.41, 5.74) is 11.0. The average molecular weight is 1700 g/mol. The number of hydrogen-bond acceptors (Lipinski definition) is 21. The van der Waals surface area contributed by atoms with Crippen LogP contribution in [-0.4, -0.2) is 197 Å². The summed E-state index contributed by atoms with van der Waals surface area (Å²) in [4.78, 5) is 71.4. The Labute approximate surface area is 713 Å². The Morgan fingerprint density at radius 2 is 0.411 bits per heavy atom.